The van der Waals surface area contributed by atoms with E-state index in [0.717, 1.165) is 20.7 Å². The molecule has 0 aliphatic heterocycles. The number of hydrogen-bond donors (Lipinski definition) is 1. The molecule has 0 bridgehead atoms. The van der Waals surface area contributed by atoms with E-state index in [1.54, 1.807) is 23.5 Å². The van der Waals surface area contributed by atoms with Crippen LogP contribution in [0.25, 0.3) is 15.2 Å². The van der Waals surface area contributed by atoms with Gasteiger partial charge in [0.25, 0.3) is 0 Å². The lowest BCUT2D eigenvalue weighted by Gasteiger charge is -2.15. The van der Waals surface area contributed by atoms with Crippen molar-refractivity contribution >= 4 is 67.4 Å². The van der Waals surface area contributed by atoms with E-state index in [0.29, 0.717) is 15.2 Å². The zero-order chi connectivity index (χ0) is 19.0. The first kappa shape index (κ1) is 18.6. The summed E-state index contributed by atoms with van der Waals surface area (Å²) in [6.07, 6.45) is 0. The molecule has 5 nitrogen and oxygen atoms in total. The quantitative estimate of drug-likeness (QED) is 0.435. The fraction of sp³-hybridized carbons (Fsp3) is 0.167. The summed E-state index contributed by atoms with van der Waals surface area (Å²) in [6, 6.07) is 13.1. The van der Waals surface area contributed by atoms with Crippen LogP contribution in [0.2, 0.25) is 10.0 Å². The van der Waals surface area contributed by atoms with E-state index in [1.807, 2.05) is 41.7 Å². The van der Waals surface area contributed by atoms with Crippen LogP contribution in [0.1, 0.15) is 18.5 Å². The second-order valence-electron chi connectivity index (χ2n) is 5.91. The van der Waals surface area contributed by atoms with Crippen molar-refractivity contribution in [2.24, 2.45) is 0 Å². The van der Waals surface area contributed by atoms with Gasteiger partial charge in [-0.15, -0.1) is 10.2 Å². The van der Waals surface area contributed by atoms with Crippen LogP contribution in [0.5, 0.6) is 0 Å². The minimum atomic E-state index is -0.219. The van der Waals surface area contributed by atoms with Gasteiger partial charge in [-0.2, -0.15) is 0 Å². The molecule has 0 aliphatic carbocycles. The third kappa shape index (κ3) is 3.78. The molecule has 1 atom stereocenters. The van der Waals surface area contributed by atoms with E-state index in [1.165, 1.54) is 11.8 Å². The van der Waals surface area contributed by atoms with Gasteiger partial charge >= 0.3 is 0 Å². The number of nitrogens with zero attached hydrogens (tertiary/aromatic N) is 3. The first-order valence-corrected chi connectivity index (χ1v) is 10.7. The fourth-order valence-electron chi connectivity index (χ4n) is 2.79. The average molecular weight is 437 g/mol. The fourth-order valence-corrected chi connectivity index (χ4v) is 5.14. The maximum absolute atomic E-state index is 12.4. The predicted molar refractivity (Wildman–Crippen MR) is 112 cm³/mol. The number of aromatic nitrogens is 3. The number of rotatable bonds is 5. The molecule has 9 heteroatoms. The first-order valence-electron chi connectivity index (χ1n) is 8.12. The number of halogens is 2. The first-order chi connectivity index (χ1) is 13.0. The number of thioether (sulfide) groups is 1. The monoisotopic (exact) mass is 436 g/mol. The van der Waals surface area contributed by atoms with Crippen LogP contribution in [-0.2, 0) is 4.79 Å². The van der Waals surface area contributed by atoms with Crippen LogP contribution in [0.15, 0.2) is 47.6 Å². The van der Waals surface area contributed by atoms with Crippen molar-refractivity contribution in [3.05, 3.63) is 58.1 Å². The van der Waals surface area contributed by atoms with E-state index < -0.39 is 0 Å². The van der Waals surface area contributed by atoms with Crippen LogP contribution in [0.3, 0.4) is 0 Å². The number of hydrogen-bond acceptors (Lipinski definition) is 5. The van der Waals surface area contributed by atoms with Gasteiger partial charge < -0.3 is 5.32 Å². The molecule has 2 heterocycles. The molecule has 1 N–H and O–H groups in total. The summed E-state index contributed by atoms with van der Waals surface area (Å²) in [5, 5.41) is 13.2. The van der Waals surface area contributed by atoms with Crippen molar-refractivity contribution in [2.45, 2.75) is 18.1 Å². The molecule has 0 spiro atoms. The van der Waals surface area contributed by atoms with Crippen molar-refractivity contribution in [3.8, 4) is 0 Å². The van der Waals surface area contributed by atoms with Crippen molar-refractivity contribution in [1.29, 1.82) is 0 Å². The minimum absolute atomic E-state index is 0.102. The average Bonchev–Trinajstić information content (AvgIpc) is 3.19. The SMILES string of the molecule is C[C@H](NC(=O)CSc1nnc2sc3ccccc3n12)c1ccc(Cl)cc1Cl. The number of fused-ring (bicyclic) bond motifs is 3. The zero-order valence-corrected chi connectivity index (χ0v) is 17.3. The molecule has 138 valence electrons. The summed E-state index contributed by atoms with van der Waals surface area (Å²) in [7, 11) is 0. The van der Waals surface area contributed by atoms with Gasteiger partial charge in [0.15, 0.2) is 5.16 Å². The van der Waals surface area contributed by atoms with Gasteiger partial charge in [-0.25, -0.2) is 0 Å². The van der Waals surface area contributed by atoms with Crippen molar-refractivity contribution in [2.75, 3.05) is 5.75 Å². The summed E-state index contributed by atoms with van der Waals surface area (Å²) in [4.78, 5) is 13.2. The Kier molecular flexibility index (Phi) is 5.27. The lowest BCUT2D eigenvalue weighted by Crippen LogP contribution is -2.28. The Hall–Kier alpha value is -1.80. The summed E-state index contributed by atoms with van der Waals surface area (Å²) in [6.45, 7) is 1.89. The molecule has 0 unspecified atom stereocenters. The molecule has 0 saturated carbocycles. The summed E-state index contributed by atoms with van der Waals surface area (Å²) >= 11 is 15.1. The Balaban J connectivity index is 1.45. The standard InChI is InChI=1S/C18H14Cl2N4OS2/c1-10(12-7-6-11(19)8-13(12)20)21-16(25)9-26-17-22-23-18-24(17)14-4-2-3-5-15(14)27-18/h2-8,10H,9H2,1H3,(H,21,25)/t10-/m0/s1. The normalized spacial score (nSPS) is 12.6. The van der Waals surface area contributed by atoms with Crippen LogP contribution < -0.4 is 5.32 Å². The number of carbonyl (C=O) groups is 1. The number of thiazole rings is 1. The Morgan fingerprint density at radius 1 is 1.26 bits per heavy atom. The van der Waals surface area contributed by atoms with E-state index in [-0.39, 0.29) is 17.7 Å². The lowest BCUT2D eigenvalue weighted by atomic mass is 10.1. The Morgan fingerprint density at radius 2 is 2.07 bits per heavy atom. The van der Waals surface area contributed by atoms with Crippen LogP contribution >= 0.6 is 46.3 Å². The Morgan fingerprint density at radius 3 is 2.89 bits per heavy atom. The molecular formula is C18H14Cl2N4OS2. The maximum Gasteiger partial charge on any atom is 0.230 e. The topological polar surface area (TPSA) is 59.3 Å². The molecule has 27 heavy (non-hydrogen) atoms. The third-order valence-electron chi connectivity index (χ3n) is 4.05. The van der Waals surface area contributed by atoms with E-state index in [2.05, 4.69) is 15.5 Å². The molecule has 2 aromatic carbocycles. The zero-order valence-electron chi connectivity index (χ0n) is 14.1. The summed E-state index contributed by atoms with van der Waals surface area (Å²) in [5.74, 6) is 0.135. The van der Waals surface area contributed by atoms with Gasteiger partial charge in [-0.3, -0.25) is 9.20 Å². The van der Waals surface area contributed by atoms with Crippen LogP contribution in [0.4, 0.5) is 0 Å². The van der Waals surface area contributed by atoms with Gasteiger partial charge in [-0.1, -0.05) is 64.5 Å². The van der Waals surface area contributed by atoms with Gasteiger partial charge in [0.2, 0.25) is 10.9 Å². The second kappa shape index (κ2) is 7.67. The van der Waals surface area contributed by atoms with Gasteiger partial charge in [0, 0.05) is 10.0 Å². The highest BCUT2D eigenvalue weighted by atomic mass is 35.5. The number of para-hydroxylation sites is 1. The van der Waals surface area contributed by atoms with Gasteiger partial charge in [-0.05, 0) is 36.8 Å². The van der Waals surface area contributed by atoms with Crippen molar-refractivity contribution < 1.29 is 4.79 Å². The van der Waals surface area contributed by atoms with Crippen molar-refractivity contribution in [3.63, 3.8) is 0 Å². The van der Waals surface area contributed by atoms with Gasteiger partial charge in [0.1, 0.15) is 0 Å². The smallest absolute Gasteiger partial charge is 0.230 e. The molecule has 0 fully saturated rings. The largest absolute Gasteiger partial charge is 0.349 e. The number of nitrogens with one attached hydrogen (secondary N) is 1. The van der Waals surface area contributed by atoms with Gasteiger partial charge in [0.05, 0.1) is 22.0 Å². The maximum atomic E-state index is 12.4. The minimum Gasteiger partial charge on any atom is -0.349 e. The molecule has 4 rings (SSSR count). The molecular weight excluding hydrogens is 423 g/mol. The van der Waals surface area contributed by atoms with Crippen LogP contribution in [0, 0.1) is 0 Å². The molecule has 0 radical (unpaired) electrons. The molecule has 0 saturated heterocycles. The molecule has 4 aromatic rings. The number of amides is 1. The number of benzene rings is 2. The summed E-state index contributed by atoms with van der Waals surface area (Å²) in [5.41, 5.74) is 1.87. The van der Waals surface area contributed by atoms with E-state index in [9.17, 15) is 4.79 Å². The third-order valence-corrected chi connectivity index (χ3v) is 6.55. The predicted octanol–water partition coefficient (Wildman–Crippen LogP) is 5.22. The molecule has 2 aromatic heterocycles. The number of carbonyl (C=O) groups excluding carboxylic acids is 1. The lowest BCUT2D eigenvalue weighted by molar-refractivity contribution is -0.119. The Labute approximate surface area is 173 Å². The summed E-state index contributed by atoms with van der Waals surface area (Å²) < 4.78 is 3.12. The van der Waals surface area contributed by atoms with Crippen LogP contribution in [-0.4, -0.2) is 26.3 Å². The highest BCUT2D eigenvalue weighted by Gasteiger charge is 2.16. The Bertz CT molecular complexity index is 1140. The van der Waals surface area contributed by atoms with Crippen molar-refractivity contribution in [1.82, 2.24) is 19.9 Å². The highest BCUT2D eigenvalue weighted by Crippen LogP contribution is 2.30. The van der Waals surface area contributed by atoms with E-state index in [4.69, 9.17) is 23.2 Å². The highest BCUT2D eigenvalue weighted by molar-refractivity contribution is 7.99. The van der Waals surface area contributed by atoms with E-state index >= 15 is 0 Å². The second-order valence-corrected chi connectivity index (χ2v) is 8.71. The molecule has 0 aliphatic rings. The molecule has 1 amide bonds.